The number of benzene rings is 11. The molecule has 0 amide bonds. The summed E-state index contributed by atoms with van der Waals surface area (Å²) in [4.78, 5) is 16.0. The highest BCUT2D eigenvalue weighted by Crippen LogP contribution is 2.41. The van der Waals surface area contributed by atoms with Gasteiger partial charge >= 0.3 is 0 Å². The zero-order valence-electron chi connectivity index (χ0n) is 40.5. The number of aromatic nitrogens is 4. The SMILES string of the molecule is c1ccc(-c2ccc3c(c2)c2cc(-c4ccccc4)ccc2n3-c2ccc(-c3cccc([Si](c4ccccc4)(c4ccccc4)c4ccccc4)c3)cc2-c2nc(-c3ccccc3)nc(-c3ccccc3)n2)cc1. The Morgan fingerprint density at radius 1 is 0.243 bits per heavy atom. The second-order valence-corrected chi connectivity index (χ2v) is 22.5. The lowest BCUT2D eigenvalue weighted by Gasteiger charge is -2.34. The quantitative estimate of drug-likeness (QED) is 0.0958. The smallest absolute Gasteiger partial charge is 0.179 e. The fourth-order valence-corrected chi connectivity index (χ4v) is 15.7. The molecule has 13 rings (SSSR count). The van der Waals surface area contributed by atoms with E-state index in [0.717, 1.165) is 66.4 Å². The Kier molecular flexibility index (Phi) is 11.5. The van der Waals surface area contributed by atoms with Gasteiger partial charge in [-0.3, -0.25) is 0 Å². The third-order valence-electron chi connectivity index (χ3n) is 14.4. The van der Waals surface area contributed by atoms with E-state index < -0.39 is 8.07 Å². The largest absolute Gasteiger partial charge is 0.308 e. The molecule has 13 aromatic rings. The van der Waals surface area contributed by atoms with Gasteiger partial charge in [-0.2, -0.15) is 0 Å². The molecule has 0 atom stereocenters. The number of fused-ring (bicyclic) bond motifs is 3. The Bertz CT molecular complexity index is 3840. The molecule has 0 fully saturated rings. The molecule has 0 saturated carbocycles. The molecular weight excluding hydrogens is 913 g/mol. The number of rotatable bonds is 11. The predicted molar refractivity (Wildman–Crippen MR) is 310 cm³/mol. The van der Waals surface area contributed by atoms with Crippen molar-refractivity contribution in [2.75, 3.05) is 0 Å². The van der Waals surface area contributed by atoms with E-state index in [4.69, 9.17) is 15.0 Å². The first-order valence-electron chi connectivity index (χ1n) is 25.2. The van der Waals surface area contributed by atoms with Crippen LogP contribution in [0.4, 0.5) is 0 Å². The summed E-state index contributed by atoms with van der Waals surface area (Å²) < 4.78 is 2.41. The molecule has 4 nitrogen and oxygen atoms in total. The first kappa shape index (κ1) is 44.4. The molecule has 0 saturated heterocycles. The molecule has 0 aliphatic heterocycles. The van der Waals surface area contributed by atoms with Gasteiger partial charge in [0.25, 0.3) is 0 Å². The van der Waals surface area contributed by atoms with Crippen LogP contribution in [0.25, 0.3) is 95.0 Å². The normalized spacial score (nSPS) is 11.5. The monoisotopic (exact) mass is 960 g/mol. The summed E-state index contributed by atoms with van der Waals surface area (Å²) >= 11 is 0. The highest BCUT2D eigenvalue weighted by atomic mass is 28.3. The standard InChI is InChI=1S/C69H48N4Si/c1-8-23-49(24-9-1)54-39-42-64-61(46-54)62-47-55(50-25-10-2-11-26-50)40-43-65(62)73(64)66-44-41-56(48-63(66)69-71-67(51-27-12-3-13-28-51)70-68(72-69)52-29-14-4-15-30-52)53-31-22-38-60(45-53)74(57-32-16-5-17-33-57,58-34-18-6-19-35-58)59-36-20-7-21-37-59/h1-48H. The van der Waals surface area contributed by atoms with Gasteiger partial charge in [0.2, 0.25) is 0 Å². The Morgan fingerprint density at radius 2 is 0.581 bits per heavy atom. The van der Waals surface area contributed by atoms with E-state index in [-0.39, 0.29) is 0 Å². The van der Waals surface area contributed by atoms with Gasteiger partial charge in [-0.05, 0) is 90.5 Å². The lowest BCUT2D eigenvalue weighted by atomic mass is 10.0. The average molecular weight is 961 g/mol. The molecule has 0 bridgehead atoms. The summed E-state index contributed by atoms with van der Waals surface area (Å²) in [6.45, 7) is 0. The van der Waals surface area contributed by atoms with Crippen LogP contribution in [-0.2, 0) is 0 Å². The predicted octanol–water partition coefficient (Wildman–Crippen LogP) is 14.3. The van der Waals surface area contributed by atoms with E-state index in [1.54, 1.807) is 0 Å². The summed E-state index contributed by atoms with van der Waals surface area (Å²) in [6, 6.07) is 105. The van der Waals surface area contributed by atoms with E-state index in [1.165, 1.54) is 31.9 Å². The number of hydrogen-bond donors (Lipinski definition) is 0. The fourth-order valence-electron chi connectivity index (χ4n) is 10.9. The minimum atomic E-state index is -2.84. The summed E-state index contributed by atoms with van der Waals surface area (Å²) in [6.07, 6.45) is 0. The molecular formula is C69H48N4Si. The van der Waals surface area contributed by atoms with Crippen LogP contribution in [0.15, 0.2) is 291 Å². The van der Waals surface area contributed by atoms with Crippen molar-refractivity contribution >= 4 is 50.6 Å². The van der Waals surface area contributed by atoms with E-state index in [2.05, 4.69) is 259 Å². The van der Waals surface area contributed by atoms with Crippen LogP contribution in [-0.4, -0.2) is 27.6 Å². The summed E-state index contributed by atoms with van der Waals surface area (Å²) in [5.74, 6) is 1.81. The molecule has 348 valence electrons. The molecule has 2 aromatic heterocycles. The molecule has 2 heterocycles. The maximum atomic E-state index is 5.42. The van der Waals surface area contributed by atoms with Gasteiger partial charge in [-0.25, -0.2) is 15.0 Å². The van der Waals surface area contributed by atoms with E-state index in [0.29, 0.717) is 17.5 Å². The Labute approximate surface area is 432 Å². The van der Waals surface area contributed by atoms with Crippen LogP contribution in [0.3, 0.4) is 0 Å². The van der Waals surface area contributed by atoms with Crippen molar-refractivity contribution < 1.29 is 0 Å². The minimum absolute atomic E-state index is 0.587. The second-order valence-electron chi connectivity index (χ2n) is 18.7. The molecule has 0 spiro atoms. The molecule has 0 aliphatic rings. The number of hydrogen-bond acceptors (Lipinski definition) is 3. The van der Waals surface area contributed by atoms with Crippen LogP contribution < -0.4 is 20.7 Å². The first-order valence-corrected chi connectivity index (χ1v) is 27.2. The first-order chi connectivity index (χ1) is 36.7. The maximum Gasteiger partial charge on any atom is 0.179 e. The van der Waals surface area contributed by atoms with Crippen molar-refractivity contribution in [3.8, 4) is 73.2 Å². The van der Waals surface area contributed by atoms with Gasteiger partial charge in [-0.1, -0.05) is 255 Å². The lowest BCUT2D eigenvalue weighted by molar-refractivity contribution is 1.06. The van der Waals surface area contributed by atoms with Crippen molar-refractivity contribution in [3.05, 3.63) is 291 Å². The van der Waals surface area contributed by atoms with E-state index in [1.807, 2.05) is 36.4 Å². The van der Waals surface area contributed by atoms with Gasteiger partial charge in [0.1, 0.15) is 0 Å². The van der Waals surface area contributed by atoms with Gasteiger partial charge in [0, 0.05) is 27.5 Å². The lowest BCUT2D eigenvalue weighted by Crippen LogP contribution is -2.74. The van der Waals surface area contributed by atoms with Crippen molar-refractivity contribution in [3.63, 3.8) is 0 Å². The van der Waals surface area contributed by atoms with Crippen molar-refractivity contribution in [1.82, 2.24) is 19.5 Å². The van der Waals surface area contributed by atoms with Crippen LogP contribution >= 0.6 is 0 Å². The Hall–Kier alpha value is -9.55. The fraction of sp³-hybridized carbons (Fsp3) is 0. The van der Waals surface area contributed by atoms with Gasteiger partial charge in [0.05, 0.1) is 16.7 Å². The highest BCUT2D eigenvalue weighted by molar-refractivity contribution is 7.19. The third-order valence-corrected chi connectivity index (χ3v) is 19.2. The van der Waals surface area contributed by atoms with Crippen LogP contribution in [0.5, 0.6) is 0 Å². The molecule has 0 N–H and O–H groups in total. The number of nitrogens with zero attached hydrogens (tertiary/aromatic N) is 4. The minimum Gasteiger partial charge on any atom is -0.308 e. The van der Waals surface area contributed by atoms with Crippen LogP contribution in [0.2, 0.25) is 0 Å². The molecule has 0 unspecified atom stereocenters. The van der Waals surface area contributed by atoms with Crippen molar-refractivity contribution in [2.24, 2.45) is 0 Å². The Morgan fingerprint density at radius 3 is 1.03 bits per heavy atom. The average Bonchev–Trinajstić information content (AvgIpc) is 3.85. The van der Waals surface area contributed by atoms with Gasteiger partial charge in [-0.15, -0.1) is 0 Å². The summed E-state index contributed by atoms with van der Waals surface area (Å²) in [5, 5.41) is 7.61. The van der Waals surface area contributed by atoms with E-state index in [9.17, 15) is 0 Å². The van der Waals surface area contributed by atoms with Gasteiger partial charge in [0.15, 0.2) is 25.5 Å². The Balaban J connectivity index is 1.09. The van der Waals surface area contributed by atoms with Crippen molar-refractivity contribution in [2.45, 2.75) is 0 Å². The third kappa shape index (κ3) is 8.02. The summed E-state index contributed by atoms with van der Waals surface area (Å²) in [7, 11) is -2.84. The van der Waals surface area contributed by atoms with Crippen LogP contribution in [0, 0.1) is 0 Å². The van der Waals surface area contributed by atoms with Crippen molar-refractivity contribution in [1.29, 1.82) is 0 Å². The second kappa shape index (κ2) is 19.2. The summed E-state index contributed by atoms with van der Waals surface area (Å²) in [5.41, 5.74) is 12.7. The maximum absolute atomic E-state index is 5.42. The van der Waals surface area contributed by atoms with Gasteiger partial charge < -0.3 is 4.57 Å². The zero-order chi connectivity index (χ0) is 49.3. The molecule has 5 heteroatoms. The molecule has 11 aromatic carbocycles. The topological polar surface area (TPSA) is 43.6 Å². The molecule has 74 heavy (non-hydrogen) atoms. The molecule has 0 radical (unpaired) electrons. The molecule has 0 aliphatic carbocycles. The zero-order valence-corrected chi connectivity index (χ0v) is 41.5. The van der Waals surface area contributed by atoms with E-state index >= 15 is 0 Å². The van der Waals surface area contributed by atoms with Crippen LogP contribution in [0.1, 0.15) is 0 Å². The highest BCUT2D eigenvalue weighted by Gasteiger charge is 2.41.